The molecule has 0 saturated carbocycles. The summed E-state index contributed by atoms with van der Waals surface area (Å²) in [5.74, 6) is -0.446. The van der Waals surface area contributed by atoms with Gasteiger partial charge in [0.2, 0.25) is 0 Å². The SMILES string of the molecule is Cc1ccc(C(C)CC(O)C(=O)Nc2ccc3c(=O)onc(C)c3c2)c(C)c1. The lowest BCUT2D eigenvalue weighted by Gasteiger charge is -2.19. The van der Waals surface area contributed by atoms with Crippen LogP contribution in [-0.2, 0) is 4.79 Å². The predicted molar refractivity (Wildman–Crippen MR) is 109 cm³/mol. The number of benzene rings is 2. The summed E-state index contributed by atoms with van der Waals surface area (Å²) in [5, 5.41) is 17.8. The van der Waals surface area contributed by atoms with Crippen LogP contribution in [0.25, 0.3) is 10.8 Å². The number of aliphatic hydroxyl groups is 1. The molecule has 3 aromatic rings. The second kappa shape index (κ2) is 7.94. The molecule has 0 bridgehead atoms. The molecule has 0 spiro atoms. The van der Waals surface area contributed by atoms with E-state index >= 15 is 0 Å². The molecule has 0 aliphatic rings. The normalized spacial score (nSPS) is 13.3. The molecular formula is C22H24N2O4. The van der Waals surface area contributed by atoms with E-state index in [1.165, 1.54) is 5.56 Å². The van der Waals surface area contributed by atoms with E-state index in [0.717, 1.165) is 11.1 Å². The minimum absolute atomic E-state index is 0.0361. The maximum Gasteiger partial charge on any atom is 0.366 e. The van der Waals surface area contributed by atoms with Crippen molar-refractivity contribution >= 4 is 22.4 Å². The minimum atomic E-state index is -1.15. The number of aryl methyl sites for hydroxylation is 3. The fourth-order valence-corrected chi connectivity index (χ4v) is 3.48. The van der Waals surface area contributed by atoms with Gasteiger partial charge in [0.15, 0.2) is 0 Å². The third-order valence-corrected chi connectivity index (χ3v) is 5.00. The lowest BCUT2D eigenvalue weighted by molar-refractivity contribution is -0.124. The monoisotopic (exact) mass is 380 g/mol. The maximum absolute atomic E-state index is 12.4. The Morgan fingerprint density at radius 2 is 1.89 bits per heavy atom. The predicted octanol–water partition coefficient (Wildman–Crippen LogP) is 3.61. The molecule has 1 aromatic heterocycles. The van der Waals surface area contributed by atoms with Crippen molar-refractivity contribution in [1.29, 1.82) is 0 Å². The number of aromatic nitrogens is 1. The first-order chi connectivity index (χ1) is 13.3. The summed E-state index contributed by atoms with van der Waals surface area (Å²) in [6.07, 6.45) is -0.834. The number of nitrogens with zero attached hydrogens (tertiary/aromatic N) is 1. The van der Waals surface area contributed by atoms with Crippen LogP contribution in [0.5, 0.6) is 0 Å². The standard InChI is InChI=1S/C22H24N2O4/c1-12-5-7-17(13(2)9-12)14(3)10-20(25)21(26)23-16-6-8-18-19(11-16)15(4)24-28-22(18)27/h5-9,11,14,20,25H,10H2,1-4H3,(H,23,26). The first kappa shape index (κ1) is 19.8. The van der Waals surface area contributed by atoms with Crippen molar-refractivity contribution < 1.29 is 14.4 Å². The smallest absolute Gasteiger partial charge is 0.366 e. The number of aliphatic hydroxyl groups excluding tert-OH is 1. The number of nitrogens with one attached hydrogen (secondary N) is 1. The summed E-state index contributed by atoms with van der Waals surface area (Å²) in [4.78, 5) is 24.2. The molecule has 2 aromatic carbocycles. The van der Waals surface area contributed by atoms with E-state index in [-0.39, 0.29) is 5.92 Å². The Bertz CT molecular complexity index is 1090. The number of carbonyl (C=O) groups is 1. The number of amides is 1. The molecule has 0 fully saturated rings. The Hall–Kier alpha value is -2.99. The van der Waals surface area contributed by atoms with Gasteiger partial charge in [-0.2, -0.15) is 0 Å². The molecular weight excluding hydrogens is 356 g/mol. The van der Waals surface area contributed by atoms with Crippen molar-refractivity contribution in [3.8, 4) is 0 Å². The van der Waals surface area contributed by atoms with Gasteiger partial charge in [0, 0.05) is 11.1 Å². The quantitative estimate of drug-likeness (QED) is 0.705. The number of hydrogen-bond acceptors (Lipinski definition) is 5. The summed E-state index contributed by atoms with van der Waals surface area (Å²) in [6.45, 7) is 7.79. The Morgan fingerprint density at radius 1 is 1.14 bits per heavy atom. The van der Waals surface area contributed by atoms with Gasteiger partial charge in [-0.05, 0) is 62.4 Å². The average molecular weight is 380 g/mol. The van der Waals surface area contributed by atoms with Crippen LogP contribution < -0.4 is 10.9 Å². The first-order valence-corrected chi connectivity index (χ1v) is 9.22. The zero-order valence-corrected chi connectivity index (χ0v) is 16.4. The Balaban J connectivity index is 1.72. The third-order valence-electron chi connectivity index (χ3n) is 5.00. The molecule has 1 heterocycles. The van der Waals surface area contributed by atoms with E-state index in [1.807, 2.05) is 32.9 Å². The van der Waals surface area contributed by atoms with Gasteiger partial charge in [-0.1, -0.05) is 35.8 Å². The van der Waals surface area contributed by atoms with Crippen LogP contribution in [0.1, 0.15) is 41.6 Å². The van der Waals surface area contributed by atoms with Crippen molar-refractivity contribution in [2.24, 2.45) is 0 Å². The Labute approximate surface area is 163 Å². The van der Waals surface area contributed by atoms with Gasteiger partial charge in [-0.3, -0.25) is 4.79 Å². The van der Waals surface area contributed by atoms with E-state index in [9.17, 15) is 14.7 Å². The van der Waals surface area contributed by atoms with Crippen LogP contribution in [0.3, 0.4) is 0 Å². The van der Waals surface area contributed by atoms with Crippen LogP contribution in [-0.4, -0.2) is 22.3 Å². The lowest BCUT2D eigenvalue weighted by Crippen LogP contribution is -2.29. The highest BCUT2D eigenvalue weighted by Crippen LogP contribution is 2.25. The first-order valence-electron chi connectivity index (χ1n) is 9.22. The van der Waals surface area contributed by atoms with E-state index in [0.29, 0.717) is 28.6 Å². The zero-order valence-electron chi connectivity index (χ0n) is 16.4. The molecule has 0 aliphatic carbocycles. The van der Waals surface area contributed by atoms with Gasteiger partial charge in [-0.15, -0.1) is 0 Å². The highest BCUT2D eigenvalue weighted by atomic mass is 16.5. The molecule has 6 nitrogen and oxygen atoms in total. The van der Waals surface area contributed by atoms with Crippen LogP contribution in [0.15, 0.2) is 45.7 Å². The molecule has 1 amide bonds. The van der Waals surface area contributed by atoms with Crippen molar-refractivity contribution in [3.63, 3.8) is 0 Å². The average Bonchev–Trinajstić information content (AvgIpc) is 2.64. The van der Waals surface area contributed by atoms with Crippen LogP contribution >= 0.6 is 0 Å². The van der Waals surface area contributed by atoms with Gasteiger partial charge in [-0.25, -0.2) is 4.79 Å². The molecule has 28 heavy (non-hydrogen) atoms. The molecule has 2 N–H and O–H groups in total. The molecule has 0 aliphatic heterocycles. The second-order valence-electron chi connectivity index (χ2n) is 7.32. The molecule has 2 unspecified atom stereocenters. The Morgan fingerprint density at radius 3 is 2.61 bits per heavy atom. The summed E-state index contributed by atoms with van der Waals surface area (Å²) in [5.41, 5.74) is 3.97. The topological polar surface area (TPSA) is 92.4 Å². The van der Waals surface area contributed by atoms with Crippen LogP contribution in [0.4, 0.5) is 5.69 Å². The fourth-order valence-electron chi connectivity index (χ4n) is 3.48. The lowest BCUT2D eigenvalue weighted by atomic mass is 9.90. The number of anilines is 1. The summed E-state index contributed by atoms with van der Waals surface area (Å²) >= 11 is 0. The molecule has 0 radical (unpaired) electrons. The highest BCUT2D eigenvalue weighted by Gasteiger charge is 2.20. The minimum Gasteiger partial charge on any atom is -0.383 e. The van der Waals surface area contributed by atoms with Gasteiger partial charge in [0.05, 0.1) is 11.1 Å². The zero-order chi connectivity index (χ0) is 20.4. The van der Waals surface area contributed by atoms with E-state index in [4.69, 9.17) is 4.52 Å². The number of hydrogen-bond donors (Lipinski definition) is 2. The molecule has 6 heteroatoms. The van der Waals surface area contributed by atoms with Gasteiger partial charge in [0.1, 0.15) is 6.10 Å². The summed E-state index contributed by atoms with van der Waals surface area (Å²) < 4.78 is 4.70. The third kappa shape index (κ3) is 4.12. The molecule has 3 rings (SSSR count). The van der Waals surface area contributed by atoms with Gasteiger partial charge < -0.3 is 14.9 Å². The second-order valence-corrected chi connectivity index (χ2v) is 7.32. The summed E-state index contributed by atoms with van der Waals surface area (Å²) in [6, 6.07) is 11.0. The van der Waals surface area contributed by atoms with E-state index in [2.05, 4.69) is 16.5 Å². The molecule has 0 saturated heterocycles. The largest absolute Gasteiger partial charge is 0.383 e. The van der Waals surface area contributed by atoms with Crippen molar-refractivity contribution in [1.82, 2.24) is 5.16 Å². The highest BCUT2D eigenvalue weighted by molar-refractivity contribution is 5.96. The van der Waals surface area contributed by atoms with Crippen molar-refractivity contribution in [2.75, 3.05) is 5.32 Å². The maximum atomic E-state index is 12.4. The number of rotatable bonds is 5. The molecule has 2 atom stereocenters. The van der Waals surface area contributed by atoms with Gasteiger partial charge >= 0.3 is 5.63 Å². The number of fused-ring (bicyclic) bond motifs is 1. The van der Waals surface area contributed by atoms with Gasteiger partial charge in [0.25, 0.3) is 5.91 Å². The Kier molecular flexibility index (Phi) is 5.61. The molecule has 146 valence electrons. The summed E-state index contributed by atoms with van der Waals surface area (Å²) in [7, 11) is 0. The van der Waals surface area contributed by atoms with Crippen molar-refractivity contribution in [3.05, 3.63) is 69.2 Å². The van der Waals surface area contributed by atoms with Crippen molar-refractivity contribution in [2.45, 2.75) is 46.1 Å². The van der Waals surface area contributed by atoms with E-state index < -0.39 is 17.6 Å². The van der Waals surface area contributed by atoms with Crippen LogP contribution in [0.2, 0.25) is 0 Å². The van der Waals surface area contributed by atoms with Crippen LogP contribution in [0, 0.1) is 20.8 Å². The van der Waals surface area contributed by atoms with E-state index in [1.54, 1.807) is 25.1 Å². The number of carbonyl (C=O) groups excluding carboxylic acids is 1. The fraction of sp³-hybridized carbons (Fsp3) is 0.318.